The first kappa shape index (κ1) is 20.5. The summed E-state index contributed by atoms with van der Waals surface area (Å²) in [6, 6.07) is 7.92. The Bertz CT molecular complexity index is 593. The highest BCUT2D eigenvalue weighted by molar-refractivity contribution is 5.80. The summed E-state index contributed by atoms with van der Waals surface area (Å²) in [6.07, 6.45) is -0.905. The minimum absolute atomic E-state index is 0.0228. The second kappa shape index (κ2) is 9.05. The van der Waals surface area contributed by atoms with E-state index in [1.807, 2.05) is 18.2 Å². The van der Waals surface area contributed by atoms with Gasteiger partial charge in [-0.1, -0.05) is 30.3 Å². The number of carbonyl (C=O) groups is 3. The zero-order chi connectivity index (χ0) is 19.0. The molecule has 0 saturated carbocycles. The molecule has 1 unspecified atom stereocenters. The molecular weight excluding hydrogens is 326 g/mol. The summed E-state index contributed by atoms with van der Waals surface area (Å²) in [6.45, 7) is 6.48. The van der Waals surface area contributed by atoms with E-state index in [0.717, 1.165) is 10.5 Å². The van der Waals surface area contributed by atoms with Gasteiger partial charge in [0, 0.05) is 6.54 Å². The summed E-state index contributed by atoms with van der Waals surface area (Å²) in [5, 5.41) is 9.17. The van der Waals surface area contributed by atoms with Crippen LogP contribution < -0.4 is 0 Å². The van der Waals surface area contributed by atoms with Crippen molar-refractivity contribution >= 4 is 18.0 Å². The SMILES string of the molecule is CC(C(=O)O)N(CCC(=O)OC(C)(C)C)C(=O)OCc1ccccc1. The van der Waals surface area contributed by atoms with Crippen molar-refractivity contribution in [3.8, 4) is 0 Å². The second-order valence-electron chi connectivity index (χ2n) is 6.58. The average molecular weight is 351 g/mol. The van der Waals surface area contributed by atoms with E-state index >= 15 is 0 Å². The van der Waals surface area contributed by atoms with E-state index in [1.54, 1.807) is 32.9 Å². The first-order chi connectivity index (χ1) is 11.6. The maximum absolute atomic E-state index is 12.2. The average Bonchev–Trinajstić information content (AvgIpc) is 2.52. The maximum atomic E-state index is 12.2. The molecule has 1 N–H and O–H groups in total. The van der Waals surface area contributed by atoms with Crippen LogP contribution in [0.5, 0.6) is 0 Å². The van der Waals surface area contributed by atoms with Crippen molar-refractivity contribution in [3.63, 3.8) is 0 Å². The molecule has 0 aliphatic carbocycles. The smallest absolute Gasteiger partial charge is 0.410 e. The number of hydrogen-bond donors (Lipinski definition) is 1. The van der Waals surface area contributed by atoms with Crippen molar-refractivity contribution in [1.82, 2.24) is 4.90 Å². The molecule has 0 bridgehead atoms. The molecule has 138 valence electrons. The number of carbonyl (C=O) groups excluding carboxylic acids is 2. The Balaban J connectivity index is 2.67. The van der Waals surface area contributed by atoms with Crippen LogP contribution in [0.15, 0.2) is 30.3 Å². The van der Waals surface area contributed by atoms with Crippen molar-refractivity contribution in [3.05, 3.63) is 35.9 Å². The molecule has 0 aromatic heterocycles. The van der Waals surface area contributed by atoms with Gasteiger partial charge in [-0.05, 0) is 33.3 Å². The quantitative estimate of drug-likeness (QED) is 0.759. The van der Waals surface area contributed by atoms with Gasteiger partial charge in [-0.25, -0.2) is 9.59 Å². The van der Waals surface area contributed by atoms with Gasteiger partial charge in [0.25, 0.3) is 0 Å². The highest BCUT2D eigenvalue weighted by Gasteiger charge is 2.28. The molecule has 0 aliphatic rings. The number of hydrogen-bond acceptors (Lipinski definition) is 5. The van der Waals surface area contributed by atoms with Gasteiger partial charge in [0.15, 0.2) is 0 Å². The lowest BCUT2D eigenvalue weighted by atomic mass is 10.2. The van der Waals surface area contributed by atoms with Gasteiger partial charge < -0.3 is 14.6 Å². The molecule has 1 rings (SSSR count). The number of carboxylic acid groups (broad SMARTS) is 1. The maximum Gasteiger partial charge on any atom is 0.410 e. The molecule has 7 heteroatoms. The van der Waals surface area contributed by atoms with Gasteiger partial charge in [0.05, 0.1) is 6.42 Å². The lowest BCUT2D eigenvalue weighted by Gasteiger charge is -2.26. The van der Waals surface area contributed by atoms with Crippen LogP contribution in [0.3, 0.4) is 0 Å². The van der Waals surface area contributed by atoms with Crippen LogP contribution in [0.2, 0.25) is 0 Å². The van der Waals surface area contributed by atoms with Crippen LogP contribution in [-0.2, 0) is 25.7 Å². The van der Waals surface area contributed by atoms with E-state index in [1.165, 1.54) is 6.92 Å². The van der Waals surface area contributed by atoms with Crippen molar-refractivity contribution in [1.29, 1.82) is 0 Å². The van der Waals surface area contributed by atoms with E-state index in [4.69, 9.17) is 9.47 Å². The minimum Gasteiger partial charge on any atom is -0.480 e. The molecule has 0 spiro atoms. The molecule has 7 nitrogen and oxygen atoms in total. The molecule has 0 fully saturated rings. The second-order valence-corrected chi connectivity index (χ2v) is 6.58. The first-order valence-electron chi connectivity index (χ1n) is 8.02. The van der Waals surface area contributed by atoms with Crippen LogP contribution in [0, 0.1) is 0 Å². The Hall–Kier alpha value is -2.57. The van der Waals surface area contributed by atoms with Crippen LogP contribution >= 0.6 is 0 Å². The molecule has 1 aromatic carbocycles. The molecule has 1 atom stereocenters. The topological polar surface area (TPSA) is 93.1 Å². The van der Waals surface area contributed by atoms with E-state index < -0.39 is 29.7 Å². The predicted molar refractivity (Wildman–Crippen MR) is 90.9 cm³/mol. The lowest BCUT2D eigenvalue weighted by Crippen LogP contribution is -2.44. The van der Waals surface area contributed by atoms with Crippen molar-refractivity contribution < 1.29 is 29.0 Å². The fourth-order valence-corrected chi connectivity index (χ4v) is 1.98. The number of rotatable bonds is 7. The summed E-state index contributed by atoms with van der Waals surface area (Å²) >= 11 is 0. The lowest BCUT2D eigenvalue weighted by molar-refractivity contribution is -0.156. The van der Waals surface area contributed by atoms with Crippen molar-refractivity contribution in [2.45, 2.75) is 52.4 Å². The minimum atomic E-state index is -1.18. The molecule has 0 radical (unpaired) electrons. The first-order valence-corrected chi connectivity index (χ1v) is 8.02. The molecule has 0 heterocycles. The summed E-state index contributed by atoms with van der Waals surface area (Å²) in [4.78, 5) is 36.3. The van der Waals surface area contributed by atoms with Crippen LogP contribution in [0.25, 0.3) is 0 Å². The Morgan fingerprint density at radius 1 is 1.16 bits per heavy atom. The Labute approximate surface area is 147 Å². The van der Waals surface area contributed by atoms with E-state index in [0.29, 0.717) is 0 Å². The fraction of sp³-hybridized carbons (Fsp3) is 0.500. The number of ether oxygens (including phenoxy) is 2. The summed E-state index contributed by atoms with van der Waals surface area (Å²) < 4.78 is 10.3. The van der Waals surface area contributed by atoms with E-state index in [2.05, 4.69) is 0 Å². The monoisotopic (exact) mass is 351 g/mol. The molecule has 1 amide bonds. The number of amides is 1. The molecular formula is C18H25NO6. The van der Waals surface area contributed by atoms with Gasteiger partial charge in [0.2, 0.25) is 0 Å². The van der Waals surface area contributed by atoms with Crippen molar-refractivity contribution in [2.75, 3.05) is 6.54 Å². The van der Waals surface area contributed by atoms with Crippen LogP contribution in [-0.4, -0.2) is 46.2 Å². The third kappa shape index (κ3) is 7.69. The number of carboxylic acids is 1. The third-order valence-electron chi connectivity index (χ3n) is 3.24. The molecule has 25 heavy (non-hydrogen) atoms. The summed E-state index contributed by atoms with van der Waals surface area (Å²) in [5.41, 5.74) is 0.139. The summed E-state index contributed by atoms with van der Waals surface area (Å²) in [7, 11) is 0. The number of nitrogens with zero attached hydrogens (tertiary/aromatic N) is 1. The van der Waals surface area contributed by atoms with E-state index in [-0.39, 0.29) is 19.6 Å². The zero-order valence-corrected chi connectivity index (χ0v) is 15.0. The van der Waals surface area contributed by atoms with E-state index in [9.17, 15) is 19.5 Å². The van der Waals surface area contributed by atoms with Gasteiger partial charge in [-0.15, -0.1) is 0 Å². The van der Waals surface area contributed by atoms with Gasteiger partial charge in [-0.3, -0.25) is 9.69 Å². The zero-order valence-electron chi connectivity index (χ0n) is 15.0. The largest absolute Gasteiger partial charge is 0.480 e. The van der Waals surface area contributed by atoms with Crippen molar-refractivity contribution in [2.24, 2.45) is 0 Å². The van der Waals surface area contributed by atoms with Gasteiger partial charge in [-0.2, -0.15) is 0 Å². The highest BCUT2D eigenvalue weighted by Crippen LogP contribution is 2.11. The molecule has 1 aromatic rings. The highest BCUT2D eigenvalue weighted by atomic mass is 16.6. The van der Waals surface area contributed by atoms with Gasteiger partial charge in [0.1, 0.15) is 18.2 Å². The number of benzene rings is 1. The molecule has 0 aliphatic heterocycles. The van der Waals surface area contributed by atoms with Gasteiger partial charge >= 0.3 is 18.0 Å². The Morgan fingerprint density at radius 2 is 1.76 bits per heavy atom. The number of aliphatic carboxylic acids is 1. The standard InChI is InChI=1S/C18H25NO6/c1-13(16(21)22)19(11-10-15(20)25-18(2,3)4)17(23)24-12-14-8-6-5-7-9-14/h5-9,13H,10-12H2,1-4H3,(H,21,22). The predicted octanol–water partition coefficient (Wildman–Crippen LogP) is 2.83. The Kier molecular flexibility index (Phi) is 7.42. The van der Waals surface area contributed by atoms with Crippen LogP contribution in [0.4, 0.5) is 4.79 Å². The summed E-state index contributed by atoms with van der Waals surface area (Å²) in [5.74, 6) is -1.69. The normalized spacial score (nSPS) is 12.2. The Morgan fingerprint density at radius 3 is 2.28 bits per heavy atom. The molecule has 0 saturated heterocycles. The fourth-order valence-electron chi connectivity index (χ4n) is 1.98. The number of esters is 1. The third-order valence-corrected chi connectivity index (χ3v) is 3.24. The van der Waals surface area contributed by atoms with Crippen LogP contribution in [0.1, 0.15) is 39.7 Å².